The molecular weight excluding hydrogens is 354 g/mol. The minimum atomic E-state index is -0.411. The van der Waals surface area contributed by atoms with E-state index in [0.717, 1.165) is 11.3 Å². The van der Waals surface area contributed by atoms with Gasteiger partial charge in [-0.2, -0.15) is 0 Å². The van der Waals surface area contributed by atoms with E-state index in [-0.39, 0.29) is 11.6 Å². The molecule has 134 valence electrons. The van der Waals surface area contributed by atoms with E-state index >= 15 is 0 Å². The summed E-state index contributed by atoms with van der Waals surface area (Å²) in [5.74, 6) is -0.0479. The maximum atomic E-state index is 12.3. The summed E-state index contributed by atoms with van der Waals surface area (Å²) in [5.41, 5.74) is 1.81. The lowest BCUT2D eigenvalue weighted by Crippen LogP contribution is -2.48. The Kier molecular flexibility index (Phi) is 5.53. The lowest BCUT2D eigenvalue weighted by molar-refractivity contribution is -0.384. The summed E-state index contributed by atoms with van der Waals surface area (Å²) in [5, 5.41) is 11.3. The van der Waals surface area contributed by atoms with Gasteiger partial charge >= 0.3 is 0 Å². The fourth-order valence-corrected chi connectivity index (χ4v) is 3.05. The van der Waals surface area contributed by atoms with E-state index in [2.05, 4.69) is 4.90 Å². The normalized spacial score (nSPS) is 14.7. The van der Waals surface area contributed by atoms with Gasteiger partial charge in [-0.15, -0.1) is 0 Å². The highest BCUT2D eigenvalue weighted by molar-refractivity contribution is 6.32. The molecule has 2 aromatic carbocycles. The van der Waals surface area contributed by atoms with E-state index in [1.807, 2.05) is 18.2 Å². The average Bonchev–Trinajstić information content (AvgIpc) is 2.67. The standard InChI is InChI=1S/C19H18ClN3O3/c20-18-4-2-1-3-15(18)5-10-19(24)22-13-11-21(12-14-22)16-6-8-17(9-7-16)23(25)26/h1-10H,11-14H2/b10-5+. The number of nitro groups is 1. The van der Waals surface area contributed by atoms with Gasteiger partial charge in [-0.3, -0.25) is 14.9 Å². The molecule has 0 radical (unpaired) electrons. The predicted molar refractivity (Wildman–Crippen MR) is 102 cm³/mol. The molecule has 26 heavy (non-hydrogen) atoms. The van der Waals surface area contributed by atoms with Crippen molar-refractivity contribution in [2.45, 2.75) is 0 Å². The van der Waals surface area contributed by atoms with E-state index in [1.54, 1.807) is 35.3 Å². The molecule has 1 fully saturated rings. The van der Waals surface area contributed by atoms with Gasteiger partial charge < -0.3 is 9.80 Å². The molecule has 1 amide bonds. The maximum absolute atomic E-state index is 12.3. The van der Waals surface area contributed by atoms with Crippen LogP contribution in [0.3, 0.4) is 0 Å². The largest absolute Gasteiger partial charge is 0.368 e. The van der Waals surface area contributed by atoms with Gasteiger partial charge in [0.15, 0.2) is 0 Å². The summed E-state index contributed by atoms with van der Waals surface area (Å²) in [6, 6.07) is 13.9. The van der Waals surface area contributed by atoms with Crippen molar-refractivity contribution in [1.29, 1.82) is 0 Å². The molecule has 1 heterocycles. The van der Waals surface area contributed by atoms with Gasteiger partial charge in [0.25, 0.3) is 5.69 Å². The van der Waals surface area contributed by atoms with Gasteiger partial charge in [0.2, 0.25) is 5.91 Å². The number of halogens is 1. The average molecular weight is 372 g/mol. The molecule has 0 spiro atoms. The molecule has 0 bridgehead atoms. The van der Waals surface area contributed by atoms with Crippen LogP contribution in [-0.4, -0.2) is 41.9 Å². The third-order valence-electron chi connectivity index (χ3n) is 4.33. The number of non-ortho nitro benzene ring substituents is 1. The Hall–Kier alpha value is -2.86. The van der Waals surface area contributed by atoms with Crippen LogP contribution in [0.1, 0.15) is 5.56 Å². The van der Waals surface area contributed by atoms with Crippen LogP contribution in [0, 0.1) is 10.1 Å². The zero-order valence-corrected chi connectivity index (χ0v) is 14.8. The van der Waals surface area contributed by atoms with Gasteiger partial charge in [-0.05, 0) is 29.8 Å². The first-order valence-corrected chi connectivity index (χ1v) is 8.63. The second kappa shape index (κ2) is 8.01. The summed E-state index contributed by atoms with van der Waals surface area (Å²) in [7, 11) is 0. The van der Waals surface area contributed by atoms with Crippen LogP contribution in [0.4, 0.5) is 11.4 Å². The van der Waals surface area contributed by atoms with Crippen molar-refractivity contribution in [3.05, 3.63) is 75.3 Å². The molecule has 7 heteroatoms. The highest BCUT2D eigenvalue weighted by Crippen LogP contribution is 2.21. The van der Waals surface area contributed by atoms with Crippen molar-refractivity contribution < 1.29 is 9.72 Å². The summed E-state index contributed by atoms with van der Waals surface area (Å²) in [6.07, 6.45) is 3.27. The Balaban J connectivity index is 1.57. The smallest absolute Gasteiger partial charge is 0.269 e. The molecule has 0 unspecified atom stereocenters. The Bertz CT molecular complexity index is 828. The first-order valence-electron chi connectivity index (χ1n) is 8.25. The summed E-state index contributed by atoms with van der Waals surface area (Å²) >= 11 is 6.09. The number of nitro benzene ring substituents is 1. The third kappa shape index (κ3) is 4.21. The SMILES string of the molecule is O=C(/C=C/c1ccccc1Cl)N1CCN(c2ccc([N+](=O)[O-])cc2)CC1. The number of anilines is 1. The Morgan fingerprint density at radius 1 is 1.04 bits per heavy atom. The number of carbonyl (C=O) groups is 1. The van der Waals surface area contributed by atoms with Crippen molar-refractivity contribution in [2.75, 3.05) is 31.1 Å². The number of hydrogen-bond donors (Lipinski definition) is 0. The summed E-state index contributed by atoms with van der Waals surface area (Å²) in [4.78, 5) is 26.6. The number of nitrogens with zero attached hydrogens (tertiary/aromatic N) is 3. The number of amides is 1. The molecule has 0 aliphatic carbocycles. The molecule has 2 aromatic rings. The van der Waals surface area contributed by atoms with Crippen LogP contribution in [0.15, 0.2) is 54.6 Å². The van der Waals surface area contributed by atoms with Gasteiger partial charge in [-0.1, -0.05) is 29.8 Å². The van der Waals surface area contributed by atoms with Crippen LogP contribution >= 0.6 is 11.6 Å². The first kappa shape index (κ1) is 17.9. The van der Waals surface area contributed by atoms with Crippen LogP contribution in [0.25, 0.3) is 6.08 Å². The van der Waals surface area contributed by atoms with Crippen molar-refractivity contribution in [3.63, 3.8) is 0 Å². The lowest BCUT2D eigenvalue weighted by Gasteiger charge is -2.35. The Morgan fingerprint density at radius 3 is 2.31 bits per heavy atom. The van der Waals surface area contributed by atoms with E-state index in [0.29, 0.717) is 31.2 Å². The molecule has 0 aromatic heterocycles. The number of benzene rings is 2. The molecule has 0 saturated carbocycles. The van der Waals surface area contributed by atoms with Crippen molar-refractivity contribution in [2.24, 2.45) is 0 Å². The highest BCUT2D eigenvalue weighted by Gasteiger charge is 2.20. The minimum Gasteiger partial charge on any atom is -0.368 e. The quantitative estimate of drug-likeness (QED) is 0.468. The zero-order valence-electron chi connectivity index (χ0n) is 14.0. The molecule has 3 rings (SSSR count). The van der Waals surface area contributed by atoms with E-state index in [4.69, 9.17) is 11.6 Å². The second-order valence-electron chi connectivity index (χ2n) is 5.94. The number of hydrogen-bond acceptors (Lipinski definition) is 4. The van der Waals surface area contributed by atoms with Crippen molar-refractivity contribution >= 4 is 35.0 Å². The molecular formula is C19H18ClN3O3. The summed E-state index contributed by atoms with van der Waals surface area (Å²) < 4.78 is 0. The summed E-state index contributed by atoms with van der Waals surface area (Å²) in [6.45, 7) is 2.57. The van der Waals surface area contributed by atoms with Gasteiger partial charge in [0, 0.05) is 55.1 Å². The monoisotopic (exact) mass is 371 g/mol. The molecule has 0 N–H and O–H groups in total. The third-order valence-corrected chi connectivity index (χ3v) is 4.67. The van der Waals surface area contributed by atoms with Crippen LogP contribution in [0.2, 0.25) is 5.02 Å². The maximum Gasteiger partial charge on any atom is 0.269 e. The number of piperazine rings is 1. The van der Waals surface area contributed by atoms with E-state index < -0.39 is 4.92 Å². The number of rotatable bonds is 4. The lowest BCUT2D eigenvalue weighted by atomic mass is 10.2. The highest BCUT2D eigenvalue weighted by atomic mass is 35.5. The molecule has 1 saturated heterocycles. The van der Waals surface area contributed by atoms with Crippen LogP contribution < -0.4 is 4.90 Å². The minimum absolute atomic E-state index is 0.0479. The molecule has 0 atom stereocenters. The fraction of sp³-hybridized carbons (Fsp3) is 0.211. The van der Waals surface area contributed by atoms with Gasteiger partial charge in [0.05, 0.1) is 4.92 Å². The van der Waals surface area contributed by atoms with Crippen LogP contribution in [0.5, 0.6) is 0 Å². The molecule has 1 aliphatic rings. The van der Waals surface area contributed by atoms with Gasteiger partial charge in [0.1, 0.15) is 0 Å². The topological polar surface area (TPSA) is 66.7 Å². The Morgan fingerprint density at radius 2 is 1.69 bits per heavy atom. The van der Waals surface area contributed by atoms with Crippen molar-refractivity contribution in [1.82, 2.24) is 4.90 Å². The van der Waals surface area contributed by atoms with Crippen LogP contribution in [-0.2, 0) is 4.79 Å². The fourth-order valence-electron chi connectivity index (χ4n) is 2.85. The first-order chi connectivity index (χ1) is 12.5. The molecule has 1 aliphatic heterocycles. The Labute approximate surface area is 156 Å². The van der Waals surface area contributed by atoms with Crippen molar-refractivity contribution in [3.8, 4) is 0 Å². The molecule has 6 nitrogen and oxygen atoms in total. The predicted octanol–water partition coefficient (Wildman–Crippen LogP) is 3.61. The van der Waals surface area contributed by atoms with Gasteiger partial charge in [-0.25, -0.2) is 0 Å². The second-order valence-corrected chi connectivity index (χ2v) is 6.35. The number of carbonyl (C=O) groups excluding carboxylic acids is 1. The van der Waals surface area contributed by atoms with E-state index in [9.17, 15) is 14.9 Å². The van der Waals surface area contributed by atoms with E-state index in [1.165, 1.54) is 12.1 Å². The zero-order chi connectivity index (χ0) is 18.5.